The minimum Gasteiger partial charge on any atom is -0.487 e. The lowest BCUT2D eigenvalue weighted by molar-refractivity contribution is -0.00120. The van der Waals surface area contributed by atoms with Crippen molar-refractivity contribution in [3.05, 3.63) is 46.1 Å². The monoisotopic (exact) mass is 357 g/mol. The molecule has 8 nitrogen and oxygen atoms in total. The number of rotatable bonds is 3. The number of fused-ring (bicyclic) bond motifs is 1. The van der Waals surface area contributed by atoms with E-state index in [4.69, 9.17) is 4.74 Å². The first-order valence-corrected chi connectivity index (χ1v) is 9.09. The molecule has 1 atom stereocenters. The number of hydrogen-bond donors (Lipinski definition) is 4. The van der Waals surface area contributed by atoms with Crippen LogP contribution in [-0.2, 0) is 6.54 Å². The first-order valence-electron chi connectivity index (χ1n) is 9.09. The molecule has 1 saturated carbocycles. The zero-order chi connectivity index (χ0) is 18.0. The van der Waals surface area contributed by atoms with Crippen LogP contribution in [0.4, 0.5) is 4.79 Å². The molecule has 1 spiro atoms. The number of para-hydroxylation sites is 1. The highest BCUT2D eigenvalue weighted by Crippen LogP contribution is 2.45. The van der Waals surface area contributed by atoms with Gasteiger partial charge in [0.05, 0.1) is 12.6 Å². The van der Waals surface area contributed by atoms with Crippen molar-refractivity contribution in [1.82, 2.24) is 25.8 Å². The van der Waals surface area contributed by atoms with Crippen molar-refractivity contribution >= 4 is 6.03 Å². The Morgan fingerprint density at radius 1 is 1.27 bits per heavy atom. The molecule has 1 aromatic heterocycles. The summed E-state index contributed by atoms with van der Waals surface area (Å²) in [7, 11) is 0. The van der Waals surface area contributed by atoms with Gasteiger partial charge in [0.1, 0.15) is 17.2 Å². The fourth-order valence-corrected chi connectivity index (χ4v) is 4.01. The zero-order valence-corrected chi connectivity index (χ0v) is 14.5. The summed E-state index contributed by atoms with van der Waals surface area (Å²) in [5.41, 5.74) is 0.435. The van der Waals surface area contributed by atoms with Crippen molar-refractivity contribution in [1.29, 1.82) is 0 Å². The highest BCUT2D eigenvalue weighted by Gasteiger charge is 2.42. The fraction of sp³-hybridized carbons (Fsp3) is 0.500. The third kappa shape index (κ3) is 3.44. The number of nitrogens with zero attached hydrogens (tertiary/aromatic N) is 1. The highest BCUT2D eigenvalue weighted by molar-refractivity contribution is 5.74. The van der Waals surface area contributed by atoms with Crippen molar-refractivity contribution in [2.75, 3.05) is 0 Å². The molecule has 2 amide bonds. The minimum absolute atomic E-state index is 0.101. The van der Waals surface area contributed by atoms with Crippen LogP contribution in [0.3, 0.4) is 0 Å². The van der Waals surface area contributed by atoms with Gasteiger partial charge in [-0.2, -0.15) is 5.10 Å². The number of carbonyl (C=O) groups excluding carboxylic acids is 1. The largest absolute Gasteiger partial charge is 0.487 e. The number of H-pyrrole nitrogens is 2. The molecule has 0 saturated heterocycles. The molecule has 1 aliphatic carbocycles. The van der Waals surface area contributed by atoms with Gasteiger partial charge in [-0.3, -0.25) is 4.98 Å². The molecular weight excluding hydrogens is 334 g/mol. The number of carbonyl (C=O) groups is 1. The van der Waals surface area contributed by atoms with Gasteiger partial charge in [0.25, 0.3) is 0 Å². The number of urea groups is 1. The third-order valence-electron chi connectivity index (χ3n) is 5.23. The predicted molar refractivity (Wildman–Crippen MR) is 94.8 cm³/mol. The second-order valence-electron chi connectivity index (χ2n) is 7.09. The minimum atomic E-state index is -0.389. The second kappa shape index (κ2) is 6.86. The second-order valence-corrected chi connectivity index (χ2v) is 7.09. The first-order chi connectivity index (χ1) is 12.6. The van der Waals surface area contributed by atoms with Gasteiger partial charge in [0, 0.05) is 12.0 Å². The summed E-state index contributed by atoms with van der Waals surface area (Å²) >= 11 is 0. The van der Waals surface area contributed by atoms with E-state index in [0.29, 0.717) is 5.82 Å². The molecule has 26 heavy (non-hydrogen) atoms. The van der Waals surface area contributed by atoms with Crippen LogP contribution in [-0.4, -0.2) is 26.8 Å². The van der Waals surface area contributed by atoms with E-state index in [1.54, 1.807) is 0 Å². The summed E-state index contributed by atoms with van der Waals surface area (Å²) in [6.45, 7) is 0.153. The van der Waals surface area contributed by atoms with Gasteiger partial charge >= 0.3 is 11.7 Å². The van der Waals surface area contributed by atoms with Gasteiger partial charge in [-0.1, -0.05) is 24.6 Å². The van der Waals surface area contributed by atoms with E-state index < -0.39 is 0 Å². The van der Waals surface area contributed by atoms with Crippen LogP contribution >= 0.6 is 0 Å². The molecule has 0 radical (unpaired) electrons. The molecule has 4 rings (SSSR count). The Kier molecular flexibility index (Phi) is 4.40. The van der Waals surface area contributed by atoms with E-state index in [9.17, 15) is 9.59 Å². The molecule has 1 aliphatic heterocycles. The highest BCUT2D eigenvalue weighted by atomic mass is 16.5. The van der Waals surface area contributed by atoms with Gasteiger partial charge < -0.3 is 15.4 Å². The zero-order valence-electron chi connectivity index (χ0n) is 14.5. The lowest BCUT2D eigenvalue weighted by Gasteiger charge is -2.44. The molecule has 2 heterocycles. The van der Waals surface area contributed by atoms with Crippen molar-refractivity contribution in [2.24, 2.45) is 0 Å². The van der Waals surface area contributed by atoms with Crippen LogP contribution in [0.5, 0.6) is 5.75 Å². The molecule has 138 valence electrons. The lowest BCUT2D eigenvalue weighted by atomic mass is 9.77. The van der Waals surface area contributed by atoms with Crippen LogP contribution in [0.25, 0.3) is 0 Å². The molecule has 0 bridgehead atoms. The molecule has 8 heteroatoms. The standard InChI is InChI=1S/C18H23N5O3/c24-16(19-11-15-21-17(25)23-22-15)20-13-10-18(8-4-1-5-9-18)26-14-7-3-2-6-12(13)14/h2-3,6-7,13H,1,4-5,8-11H2,(H2,19,20,24)(H2,21,22,23,25)/t13-/m0/s1. The average molecular weight is 357 g/mol. The van der Waals surface area contributed by atoms with Crippen molar-refractivity contribution < 1.29 is 9.53 Å². The number of nitrogens with one attached hydrogen (secondary N) is 4. The number of ether oxygens (including phenoxy) is 1. The molecular formula is C18H23N5O3. The topological polar surface area (TPSA) is 112 Å². The van der Waals surface area contributed by atoms with Crippen molar-refractivity contribution in [2.45, 2.75) is 56.7 Å². The summed E-state index contributed by atoms with van der Waals surface area (Å²) < 4.78 is 6.38. The van der Waals surface area contributed by atoms with Crippen LogP contribution < -0.4 is 21.1 Å². The van der Waals surface area contributed by atoms with Crippen LogP contribution in [0.1, 0.15) is 56.0 Å². The van der Waals surface area contributed by atoms with Crippen molar-refractivity contribution in [3.63, 3.8) is 0 Å². The third-order valence-corrected chi connectivity index (χ3v) is 5.23. The lowest BCUT2D eigenvalue weighted by Crippen LogP contribution is -2.48. The molecule has 2 aromatic rings. The Labute approximate surface area is 150 Å². The van der Waals surface area contributed by atoms with Crippen molar-refractivity contribution in [3.8, 4) is 5.75 Å². The Morgan fingerprint density at radius 2 is 2.08 bits per heavy atom. The summed E-state index contributed by atoms with van der Waals surface area (Å²) in [5, 5.41) is 11.9. The van der Waals surface area contributed by atoms with Gasteiger partial charge in [0.15, 0.2) is 0 Å². The maximum absolute atomic E-state index is 12.4. The van der Waals surface area contributed by atoms with Crippen LogP contribution in [0.15, 0.2) is 29.1 Å². The average Bonchev–Trinajstić information content (AvgIpc) is 3.06. The summed E-state index contributed by atoms with van der Waals surface area (Å²) in [4.78, 5) is 25.9. The summed E-state index contributed by atoms with van der Waals surface area (Å²) in [5.74, 6) is 1.25. The number of amides is 2. The number of aromatic amines is 2. The van der Waals surface area contributed by atoms with E-state index >= 15 is 0 Å². The summed E-state index contributed by atoms with van der Waals surface area (Å²) in [6.07, 6.45) is 6.39. The molecule has 4 N–H and O–H groups in total. The van der Waals surface area contributed by atoms with E-state index in [-0.39, 0.29) is 29.9 Å². The molecule has 2 aliphatic rings. The normalized spacial score (nSPS) is 20.8. The first kappa shape index (κ1) is 16.7. The van der Waals surface area contributed by atoms with E-state index in [1.807, 2.05) is 24.3 Å². The fourth-order valence-electron chi connectivity index (χ4n) is 4.01. The van der Waals surface area contributed by atoms with Gasteiger partial charge in [-0.05, 0) is 31.7 Å². The van der Waals surface area contributed by atoms with E-state index in [0.717, 1.165) is 43.4 Å². The Hall–Kier alpha value is -2.77. The number of aromatic nitrogens is 3. The van der Waals surface area contributed by atoms with Crippen LogP contribution in [0, 0.1) is 0 Å². The quantitative estimate of drug-likeness (QED) is 0.674. The smallest absolute Gasteiger partial charge is 0.340 e. The van der Waals surface area contributed by atoms with Gasteiger partial charge in [0.2, 0.25) is 0 Å². The van der Waals surface area contributed by atoms with Gasteiger partial charge in [-0.15, -0.1) is 0 Å². The molecule has 1 fully saturated rings. The maximum Gasteiger partial charge on any atom is 0.340 e. The molecule has 1 aromatic carbocycles. The van der Waals surface area contributed by atoms with E-state index in [2.05, 4.69) is 25.8 Å². The summed E-state index contributed by atoms with van der Waals surface area (Å²) in [6, 6.07) is 7.51. The van der Waals surface area contributed by atoms with Crippen LogP contribution in [0.2, 0.25) is 0 Å². The SMILES string of the molecule is O=C(NCc1n[nH]c(=O)[nH]1)N[C@H]1CC2(CCCCC2)Oc2ccccc21. The number of benzene rings is 1. The number of hydrogen-bond acceptors (Lipinski definition) is 4. The Bertz CT molecular complexity index is 837. The van der Waals surface area contributed by atoms with Gasteiger partial charge in [-0.25, -0.2) is 14.7 Å². The predicted octanol–water partition coefficient (Wildman–Crippen LogP) is 2.12. The molecule has 0 unspecified atom stereocenters. The maximum atomic E-state index is 12.4. The Balaban J connectivity index is 1.47. The van der Waals surface area contributed by atoms with E-state index in [1.165, 1.54) is 6.42 Å². The Morgan fingerprint density at radius 3 is 2.85 bits per heavy atom.